The van der Waals surface area contributed by atoms with Gasteiger partial charge in [-0.3, -0.25) is 4.79 Å². The molecule has 4 rings (SSSR count). The van der Waals surface area contributed by atoms with Crippen LogP contribution in [0.4, 0.5) is 5.82 Å². The number of carbonyl (C=O) groups excluding carboxylic acids is 1. The summed E-state index contributed by atoms with van der Waals surface area (Å²) in [4.78, 5) is 28.3. The zero-order valence-corrected chi connectivity index (χ0v) is 15.3. The summed E-state index contributed by atoms with van der Waals surface area (Å²) in [5, 5.41) is 1.29. The van der Waals surface area contributed by atoms with E-state index in [0.717, 1.165) is 55.5 Å². The maximum atomic E-state index is 11.6. The van der Waals surface area contributed by atoms with Crippen LogP contribution in [0.1, 0.15) is 43.0 Å². The highest BCUT2D eigenvalue weighted by Gasteiger charge is 2.26. The van der Waals surface area contributed by atoms with Crippen LogP contribution in [0, 0.1) is 0 Å². The molecule has 1 fully saturated rings. The van der Waals surface area contributed by atoms with E-state index >= 15 is 0 Å². The first-order valence-electron chi connectivity index (χ1n) is 8.99. The van der Waals surface area contributed by atoms with Crippen molar-refractivity contribution in [2.24, 2.45) is 0 Å². The molecule has 2 aromatic rings. The fourth-order valence-corrected chi connectivity index (χ4v) is 5.08. The summed E-state index contributed by atoms with van der Waals surface area (Å²) in [5.41, 5.74) is 1.49. The van der Waals surface area contributed by atoms with Crippen molar-refractivity contribution >= 4 is 33.3 Å². The molecule has 1 saturated heterocycles. The summed E-state index contributed by atoms with van der Waals surface area (Å²) >= 11 is 1.87. The van der Waals surface area contributed by atoms with Crippen molar-refractivity contribution in [3.8, 4) is 0 Å². The van der Waals surface area contributed by atoms with Crippen molar-refractivity contribution in [2.45, 2.75) is 46.0 Å². The van der Waals surface area contributed by atoms with Gasteiger partial charge in [-0.15, -0.1) is 11.3 Å². The number of hydrogen-bond acceptors (Lipinski definition) is 5. The first-order valence-corrected chi connectivity index (χ1v) is 9.80. The van der Waals surface area contributed by atoms with E-state index in [4.69, 9.17) is 9.97 Å². The maximum Gasteiger partial charge on any atom is 0.219 e. The van der Waals surface area contributed by atoms with Crippen molar-refractivity contribution in [2.75, 3.05) is 31.1 Å². The molecule has 6 heteroatoms. The predicted octanol–water partition coefficient (Wildman–Crippen LogP) is 2.80. The molecule has 0 N–H and O–H groups in total. The number of thiophene rings is 1. The van der Waals surface area contributed by atoms with Gasteiger partial charge in [-0.1, -0.05) is 6.92 Å². The lowest BCUT2D eigenvalue weighted by Crippen LogP contribution is -2.48. The van der Waals surface area contributed by atoms with E-state index in [1.54, 1.807) is 6.92 Å². The minimum absolute atomic E-state index is 0.171. The monoisotopic (exact) mass is 344 g/mol. The molecule has 3 heterocycles. The summed E-state index contributed by atoms with van der Waals surface area (Å²) in [6.45, 7) is 7.07. The highest BCUT2D eigenvalue weighted by Crippen LogP contribution is 2.40. The highest BCUT2D eigenvalue weighted by atomic mass is 32.1. The Morgan fingerprint density at radius 2 is 1.88 bits per heavy atom. The molecule has 0 bridgehead atoms. The summed E-state index contributed by atoms with van der Waals surface area (Å²) in [7, 11) is 0. The third-order valence-corrected chi connectivity index (χ3v) is 6.37. The molecule has 1 amide bonds. The van der Waals surface area contributed by atoms with Crippen LogP contribution in [-0.2, 0) is 24.1 Å². The fraction of sp³-hybridized carbons (Fsp3) is 0.611. The van der Waals surface area contributed by atoms with Gasteiger partial charge in [0.2, 0.25) is 5.91 Å². The highest BCUT2D eigenvalue weighted by molar-refractivity contribution is 7.19. The Morgan fingerprint density at radius 1 is 1.12 bits per heavy atom. The molecule has 0 aromatic carbocycles. The lowest BCUT2D eigenvalue weighted by atomic mass is 9.97. The van der Waals surface area contributed by atoms with Crippen LogP contribution in [0.3, 0.4) is 0 Å². The minimum Gasteiger partial charge on any atom is -0.352 e. The number of aryl methyl sites for hydroxylation is 3. The molecule has 0 unspecified atom stereocenters. The average Bonchev–Trinajstić information content (AvgIpc) is 2.99. The molecule has 1 aliphatic carbocycles. The molecule has 0 radical (unpaired) electrons. The number of rotatable bonds is 2. The zero-order valence-electron chi connectivity index (χ0n) is 14.5. The number of fused-ring (bicyclic) bond motifs is 3. The van der Waals surface area contributed by atoms with Gasteiger partial charge in [0.15, 0.2) is 0 Å². The van der Waals surface area contributed by atoms with Crippen molar-refractivity contribution in [1.29, 1.82) is 0 Å². The van der Waals surface area contributed by atoms with Crippen molar-refractivity contribution in [3.05, 3.63) is 16.3 Å². The molecule has 24 heavy (non-hydrogen) atoms. The Kier molecular flexibility index (Phi) is 4.16. The van der Waals surface area contributed by atoms with Gasteiger partial charge in [0.25, 0.3) is 0 Å². The second-order valence-electron chi connectivity index (χ2n) is 6.70. The number of anilines is 1. The van der Waals surface area contributed by atoms with E-state index in [-0.39, 0.29) is 5.91 Å². The smallest absolute Gasteiger partial charge is 0.219 e. The first-order chi connectivity index (χ1) is 11.7. The second kappa shape index (κ2) is 6.31. The Balaban J connectivity index is 1.76. The minimum atomic E-state index is 0.171. The van der Waals surface area contributed by atoms with E-state index in [2.05, 4.69) is 11.8 Å². The van der Waals surface area contributed by atoms with Crippen LogP contribution in [0.25, 0.3) is 10.2 Å². The summed E-state index contributed by atoms with van der Waals surface area (Å²) in [6, 6.07) is 0. The van der Waals surface area contributed by atoms with Crippen LogP contribution >= 0.6 is 11.3 Å². The largest absolute Gasteiger partial charge is 0.352 e. The molecule has 128 valence electrons. The SMILES string of the molecule is CCc1nc(N2CCN(C(C)=O)CC2)c2c3c(sc2n1)CCCC3. The van der Waals surface area contributed by atoms with Gasteiger partial charge in [0.05, 0.1) is 5.39 Å². The fourth-order valence-electron chi connectivity index (χ4n) is 3.80. The van der Waals surface area contributed by atoms with Crippen molar-refractivity contribution in [1.82, 2.24) is 14.9 Å². The molecule has 2 aliphatic rings. The molecule has 0 atom stereocenters. The summed E-state index contributed by atoms with van der Waals surface area (Å²) in [6.07, 6.45) is 5.77. The molecule has 0 saturated carbocycles. The van der Waals surface area contributed by atoms with E-state index < -0.39 is 0 Å². The Morgan fingerprint density at radius 3 is 2.58 bits per heavy atom. The molecular formula is C18H24N4OS. The van der Waals surface area contributed by atoms with Crippen LogP contribution in [0.15, 0.2) is 0 Å². The number of piperazine rings is 1. The van der Waals surface area contributed by atoms with Gasteiger partial charge < -0.3 is 9.80 Å². The molecular weight excluding hydrogens is 320 g/mol. The van der Waals surface area contributed by atoms with Gasteiger partial charge in [-0.05, 0) is 31.2 Å². The number of nitrogens with zero attached hydrogens (tertiary/aromatic N) is 4. The number of hydrogen-bond donors (Lipinski definition) is 0. The normalized spacial score (nSPS) is 18.1. The van der Waals surface area contributed by atoms with E-state index in [0.29, 0.717) is 0 Å². The predicted molar refractivity (Wildman–Crippen MR) is 97.9 cm³/mol. The second-order valence-corrected chi connectivity index (χ2v) is 7.78. The topological polar surface area (TPSA) is 49.3 Å². The van der Waals surface area contributed by atoms with Crippen LogP contribution < -0.4 is 4.90 Å². The zero-order chi connectivity index (χ0) is 16.7. The van der Waals surface area contributed by atoms with Gasteiger partial charge in [-0.2, -0.15) is 0 Å². The van der Waals surface area contributed by atoms with Gasteiger partial charge in [0, 0.05) is 44.4 Å². The maximum absolute atomic E-state index is 11.6. The van der Waals surface area contributed by atoms with E-state index in [1.807, 2.05) is 16.2 Å². The Bertz CT molecular complexity index is 777. The van der Waals surface area contributed by atoms with E-state index in [9.17, 15) is 4.79 Å². The summed E-state index contributed by atoms with van der Waals surface area (Å²) in [5.74, 6) is 2.22. The molecule has 5 nitrogen and oxygen atoms in total. The van der Waals surface area contributed by atoms with Crippen LogP contribution in [0.2, 0.25) is 0 Å². The average molecular weight is 344 g/mol. The number of carbonyl (C=O) groups is 1. The third kappa shape index (κ3) is 2.66. The lowest BCUT2D eigenvalue weighted by molar-refractivity contribution is -0.129. The van der Waals surface area contributed by atoms with Crippen molar-refractivity contribution in [3.63, 3.8) is 0 Å². The molecule has 0 spiro atoms. The number of aromatic nitrogens is 2. The van der Waals surface area contributed by atoms with Gasteiger partial charge in [-0.25, -0.2) is 9.97 Å². The lowest BCUT2D eigenvalue weighted by Gasteiger charge is -2.35. The summed E-state index contributed by atoms with van der Waals surface area (Å²) < 4.78 is 0. The molecule has 2 aromatic heterocycles. The first kappa shape index (κ1) is 15.8. The van der Waals surface area contributed by atoms with Crippen LogP contribution in [0.5, 0.6) is 0 Å². The number of amides is 1. The van der Waals surface area contributed by atoms with Gasteiger partial charge in [0.1, 0.15) is 16.5 Å². The van der Waals surface area contributed by atoms with E-state index in [1.165, 1.54) is 35.1 Å². The standard InChI is InChI=1S/C18H24N4OS/c1-3-15-19-17(22-10-8-21(9-11-22)12(2)23)16-13-6-4-5-7-14(13)24-18(16)20-15/h3-11H2,1-2H3. The Hall–Kier alpha value is -1.69. The Labute approximate surface area is 146 Å². The van der Waals surface area contributed by atoms with Crippen molar-refractivity contribution < 1.29 is 4.79 Å². The van der Waals surface area contributed by atoms with Gasteiger partial charge >= 0.3 is 0 Å². The van der Waals surface area contributed by atoms with Crippen LogP contribution in [-0.4, -0.2) is 47.0 Å². The third-order valence-electron chi connectivity index (χ3n) is 5.18. The quantitative estimate of drug-likeness (QED) is 0.840. The molecule has 1 aliphatic heterocycles.